The first-order valence-corrected chi connectivity index (χ1v) is 8.62. The Balaban J connectivity index is 1.71. The number of hydrogen-bond donors (Lipinski definition) is 3. The summed E-state index contributed by atoms with van der Waals surface area (Å²) in [5, 5.41) is 7.94. The fraction of sp³-hybridized carbons (Fsp3) is 0.176. The Hall–Kier alpha value is -2.81. The first-order chi connectivity index (χ1) is 12.4. The second kappa shape index (κ2) is 7.61. The quantitative estimate of drug-likeness (QED) is 0.586. The zero-order chi connectivity index (χ0) is 18.6. The van der Waals surface area contributed by atoms with E-state index in [9.17, 15) is 13.2 Å². The van der Waals surface area contributed by atoms with Crippen molar-refractivity contribution in [3.05, 3.63) is 58.5 Å². The van der Waals surface area contributed by atoms with Gasteiger partial charge in [0.15, 0.2) is 11.6 Å². The molecule has 2 heterocycles. The predicted molar refractivity (Wildman–Crippen MR) is 97.7 cm³/mol. The normalized spacial score (nSPS) is 11.3. The molecule has 3 rings (SSSR count). The van der Waals surface area contributed by atoms with Crippen molar-refractivity contribution >= 4 is 34.3 Å². The first kappa shape index (κ1) is 18.0. The van der Waals surface area contributed by atoms with Crippen LogP contribution in [0.25, 0.3) is 0 Å². The monoisotopic (exact) mass is 379 g/mol. The molecule has 0 unspecified atom stereocenters. The Kier molecular flexibility index (Phi) is 5.27. The summed E-state index contributed by atoms with van der Waals surface area (Å²) < 4.78 is 38.5. The maximum absolute atomic E-state index is 12.8. The number of anilines is 4. The fourth-order valence-electron chi connectivity index (χ4n) is 2.30. The summed E-state index contributed by atoms with van der Waals surface area (Å²) in [6.45, 7) is 0.630. The van der Waals surface area contributed by atoms with Gasteiger partial charge in [-0.3, -0.25) is 0 Å². The largest absolute Gasteiger partial charge is 0.416 e. The van der Waals surface area contributed by atoms with E-state index in [0.717, 1.165) is 18.6 Å². The molecule has 0 spiro atoms. The van der Waals surface area contributed by atoms with Crippen LogP contribution in [0.3, 0.4) is 0 Å². The molecule has 3 aromatic rings. The maximum atomic E-state index is 12.8. The number of nitrogens with zero attached hydrogens (tertiary/aromatic N) is 2. The fourth-order valence-corrected chi connectivity index (χ4v) is 3.01. The predicted octanol–water partition coefficient (Wildman–Crippen LogP) is 4.54. The molecule has 0 atom stereocenters. The molecule has 26 heavy (non-hydrogen) atoms. The molecular weight excluding hydrogens is 363 g/mol. The molecule has 2 aromatic heterocycles. The number of nitrogens with two attached hydrogens (primary N) is 1. The van der Waals surface area contributed by atoms with Gasteiger partial charge < -0.3 is 16.4 Å². The Morgan fingerprint density at radius 3 is 2.62 bits per heavy atom. The standard InChI is InChI=1S/C17H16F3N5S/c18-17(19,20)11-3-1-4-12(9-11)25-16-14(21)15(23-10-24-16)22-7-6-13-5-2-8-26-13/h1-5,8-10H,6-7,21H2,(H2,22,23,24,25). The highest BCUT2D eigenvalue weighted by Gasteiger charge is 2.30. The Morgan fingerprint density at radius 1 is 1.08 bits per heavy atom. The van der Waals surface area contributed by atoms with Crippen LogP contribution in [0, 0.1) is 0 Å². The number of hydrogen-bond acceptors (Lipinski definition) is 6. The molecule has 0 fully saturated rings. The number of nitrogen functional groups attached to an aromatic ring is 1. The lowest BCUT2D eigenvalue weighted by Crippen LogP contribution is -2.10. The maximum Gasteiger partial charge on any atom is 0.416 e. The van der Waals surface area contributed by atoms with Crippen LogP contribution >= 0.6 is 11.3 Å². The Morgan fingerprint density at radius 2 is 1.88 bits per heavy atom. The summed E-state index contributed by atoms with van der Waals surface area (Å²) in [4.78, 5) is 9.34. The number of halogens is 3. The topological polar surface area (TPSA) is 75.9 Å². The summed E-state index contributed by atoms with van der Waals surface area (Å²) in [6.07, 6.45) is -2.29. The molecule has 9 heteroatoms. The highest BCUT2D eigenvalue weighted by atomic mass is 32.1. The SMILES string of the molecule is Nc1c(NCCc2cccs2)ncnc1Nc1cccc(C(F)(F)F)c1. The van der Waals surface area contributed by atoms with E-state index >= 15 is 0 Å². The van der Waals surface area contributed by atoms with E-state index in [0.29, 0.717) is 12.4 Å². The Labute approximate surface area is 152 Å². The van der Waals surface area contributed by atoms with Crippen molar-refractivity contribution in [1.29, 1.82) is 0 Å². The van der Waals surface area contributed by atoms with Crippen LogP contribution in [0.5, 0.6) is 0 Å². The average molecular weight is 379 g/mol. The van der Waals surface area contributed by atoms with E-state index in [-0.39, 0.29) is 17.2 Å². The zero-order valence-electron chi connectivity index (χ0n) is 13.5. The summed E-state index contributed by atoms with van der Waals surface area (Å²) in [7, 11) is 0. The van der Waals surface area contributed by atoms with Crippen molar-refractivity contribution in [3.63, 3.8) is 0 Å². The molecule has 0 saturated heterocycles. The minimum absolute atomic E-state index is 0.245. The van der Waals surface area contributed by atoms with Gasteiger partial charge in [0.1, 0.15) is 12.0 Å². The molecule has 136 valence electrons. The van der Waals surface area contributed by atoms with Gasteiger partial charge in [-0.15, -0.1) is 11.3 Å². The van der Waals surface area contributed by atoms with Crippen LogP contribution in [0.1, 0.15) is 10.4 Å². The third-order valence-electron chi connectivity index (χ3n) is 3.58. The molecule has 0 aliphatic carbocycles. The summed E-state index contributed by atoms with van der Waals surface area (Å²) in [5.41, 5.74) is 5.79. The van der Waals surface area contributed by atoms with Gasteiger partial charge in [-0.1, -0.05) is 12.1 Å². The van der Waals surface area contributed by atoms with Crippen LogP contribution < -0.4 is 16.4 Å². The van der Waals surface area contributed by atoms with Crippen molar-refractivity contribution in [2.45, 2.75) is 12.6 Å². The third kappa shape index (κ3) is 4.42. The molecule has 0 amide bonds. The van der Waals surface area contributed by atoms with Crippen LogP contribution in [0.15, 0.2) is 48.1 Å². The van der Waals surface area contributed by atoms with Crippen LogP contribution in [-0.2, 0) is 12.6 Å². The van der Waals surface area contributed by atoms with E-state index < -0.39 is 11.7 Å². The van der Waals surface area contributed by atoms with Gasteiger partial charge in [-0.05, 0) is 36.1 Å². The highest BCUT2D eigenvalue weighted by molar-refractivity contribution is 7.09. The molecule has 4 N–H and O–H groups in total. The number of alkyl halides is 3. The van der Waals surface area contributed by atoms with Crippen molar-refractivity contribution in [2.24, 2.45) is 0 Å². The minimum Gasteiger partial charge on any atom is -0.393 e. The molecule has 0 saturated carbocycles. The summed E-state index contributed by atoms with van der Waals surface area (Å²) >= 11 is 1.66. The lowest BCUT2D eigenvalue weighted by Gasteiger charge is -2.13. The number of thiophene rings is 1. The second-order valence-electron chi connectivity index (χ2n) is 5.44. The van der Waals surface area contributed by atoms with Crippen molar-refractivity contribution in [3.8, 4) is 0 Å². The van der Waals surface area contributed by atoms with E-state index in [2.05, 4.69) is 20.6 Å². The van der Waals surface area contributed by atoms with Gasteiger partial charge >= 0.3 is 6.18 Å². The van der Waals surface area contributed by atoms with E-state index in [4.69, 9.17) is 5.73 Å². The minimum atomic E-state index is -4.41. The summed E-state index contributed by atoms with van der Waals surface area (Å²) in [5.74, 6) is 0.684. The molecule has 0 aliphatic heterocycles. The van der Waals surface area contributed by atoms with E-state index in [1.165, 1.54) is 23.3 Å². The lowest BCUT2D eigenvalue weighted by molar-refractivity contribution is -0.137. The number of rotatable bonds is 6. The molecule has 1 aromatic carbocycles. The van der Waals surface area contributed by atoms with Gasteiger partial charge in [0, 0.05) is 17.1 Å². The zero-order valence-corrected chi connectivity index (χ0v) is 14.4. The van der Waals surface area contributed by atoms with Crippen LogP contribution in [-0.4, -0.2) is 16.5 Å². The van der Waals surface area contributed by atoms with Gasteiger partial charge in [0.05, 0.1) is 5.56 Å². The number of nitrogens with one attached hydrogen (secondary N) is 2. The number of aromatic nitrogens is 2. The number of benzene rings is 1. The van der Waals surface area contributed by atoms with E-state index in [1.807, 2.05) is 17.5 Å². The molecule has 0 aliphatic rings. The van der Waals surface area contributed by atoms with Crippen molar-refractivity contribution in [2.75, 3.05) is 22.9 Å². The van der Waals surface area contributed by atoms with Gasteiger partial charge in [-0.2, -0.15) is 13.2 Å². The molecule has 5 nitrogen and oxygen atoms in total. The van der Waals surface area contributed by atoms with E-state index in [1.54, 1.807) is 11.3 Å². The van der Waals surface area contributed by atoms with Gasteiger partial charge in [0.2, 0.25) is 0 Å². The molecule has 0 bridgehead atoms. The van der Waals surface area contributed by atoms with Gasteiger partial charge in [0.25, 0.3) is 0 Å². The summed E-state index contributed by atoms with van der Waals surface area (Å²) in [6, 6.07) is 8.87. The Bertz CT molecular complexity index is 865. The highest BCUT2D eigenvalue weighted by Crippen LogP contribution is 2.32. The molecule has 0 radical (unpaired) electrons. The smallest absolute Gasteiger partial charge is 0.393 e. The first-order valence-electron chi connectivity index (χ1n) is 7.74. The average Bonchev–Trinajstić information content (AvgIpc) is 3.11. The van der Waals surface area contributed by atoms with Crippen molar-refractivity contribution in [1.82, 2.24) is 9.97 Å². The molecular formula is C17H16F3N5S. The third-order valence-corrected chi connectivity index (χ3v) is 4.52. The van der Waals surface area contributed by atoms with Crippen molar-refractivity contribution < 1.29 is 13.2 Å². The second-order valence-corrected chi connectivity index (χ2v) is 6.48. The van der Waals surface area contributed by atoms with Crippen LogP contribution in [0.2, 0.25) is 0 Å². The van der Waals surface area contributed by atoms with Gasteiger partial charge in [-0.25, -0.2) is 9.97 Å². The van der Waals surface area contributed by atoms with Crippen LogP contribution in [0.4, 0.5) is 36.2 Å². The lowest BCUT2D eigenvalue weighted by atomic mass is 10.2.